The Morgan fingerprint density at radius 3 is 2.92 bits per heavy atom. The number of rotatable bonds is 1. The quantitative estimate of drug-likeness (QED) is 0.715. The van der Waals surface area contributed by atoms with Gasteiger partial charge in [0, 0.05) is 10.9 Å². The maximum absolute atomic E-state index is 8.65. The van der Waals surface area contributed by atoms with E-state index in [2.05, 4.69) is 0 Å². The molecule has 64 valence electrons. The lowest BCUT2D eigenvalue weighted by molar-refractivity contribution is 0.608. The highest BCUT2D eigenvalue weighted by atomic mass is 16.3. The van der Waals surface area contributed by atoms with Crippen LogP contribution in [0, 0.1) is 11.3 Å². The van der Waals surface area contributed by atoms with Crippen molar-refractivity contribution in [2.45, 2.75) is 6.04 Å². The van der Waals surface area contributed by atoms with Crippen LogP contribution in [0.15, 0.2) is 34.9 Å². The molecule has 0 aliphatic heterocycles. The molecule has 0 fully saturated rings. The highest BCUT2D eigenvalue weighted by Gasteiger charge is 2.11. The fourth-order valence-electron chi connectivity index (χ4n) is 1.31. The van der Waals surface area contributed by atoms with Crippen LogP contribution in [0.5, 0.6) is 0 Å². The average Bonchev–Trinajstić information content (AvgIpc) is 2.60. The summed E-state index contributed by atoms with van der Waals surface area (Å²) in [5.41, 5.74) is 7.10. The summed E-state index contributed by atoms with van der Waals surface area (Å²) in [6, 6.07) is 8.89. The maximum atomic E-state index is 8.65. The smallest absolute Gasteiger partial charge is 0.134 e. The van der Waals surface area contributed by atoms with Crippen LogP contribution >= 0.6 is 0 Å². The van der Waals surface area contributed by atoms with Crippen LogP contribution in [0.3, 0.4) is 0 Å². The summed E-state index contributed by atoms with van der Waals surface area (Å²) in [4.78, 5) is 0. The molecule has 0 saturated heterocycles. The molecule has 0 saturated carbocycles. The summed E-state index contributed by atoms with van der Waals surface area (Å²) < 4.78 is 5.24. The lowest BCUT2D eigenvalue weighted by atomic mass is 10.1. The van der Waals surface area contributed by atoms with E-state index < -0.39 is 6.04 Å². The van der Waals surface area contributed by atoms with Crippen molar-refractivity contribution in [2.75, 3.05) is 0 Å². The first-order valence-corrected chi connectivity index (χ1v) is 3.94. The SMILES string of the molecule is N#CC(N)c1coc2ccccc12. The third kappa shape index (κ3) is 1.17. The van der Waals surface area contributed by atoms with Gasteiger partial charge in [-0.1, -0.05) is 18.2 Å². The predicted octanol–water partition coefficient (Wildman–Crippen LogP) is 1.96. The second kappa shape index (κ2) is 2.92. The van der Waals surface area contributed by atoms with Gasteiger partial charge in [-0.2, -0.15) is 5.26 Å². The Hall–Kier alpha value is -1.79. The first-order chi connectivity index (χ1) is 6.33. The average molecular weight is 172 g/mol. The largest absolute Gasteiger partial charge is 0.464 e. The molecule has 0 amide bonds. The fraction of sp³-hybridized carbons (Fsp3) is 0.100. The van der Waals surface area contributed by atoms with E-state index in [1.165, 1.54) is 0 Å². The minimum Gasteiger partial charge on any atom is -0.464 e. The van der Waals surface area contributed by atoms with Gasteiger partial charge in [-0.15, -0.1) is 0 Å². The molecule has 3 nitrogen and oxygen atoms in total. The van der Waals surface area contributed by atoms with Crippen LogP contribution < -0.4 is 5.73 Å². The number of furan rings is 1. The number of hydrogen-bond acceptors (Lipinski definition) is 3. The van der Waals surface area contributed by atoms with Crippen molar-refractivity contribution in [3.63, 3.8) is 0 Å². The molecule has 0 aliphatic carbocycles. The number of nitrogens with two attached hydrogens (primary N) is 1. The van der Waals surface area contributed by atoms with Gasteiger partial charge in [-0.3, -0.25) is 0 Å². The number of hydrogen-bond donors (Lipinski definition) is 1. The first kappa shape index (κ1) is 7.84. The van der Waals surface area contributed by atoms with Gasteiger partial charge in [0.15, 0.2) is 0 Å². The molecule has 1 unspecified atom stereocenters. The van der Waals surface area contributed by atoms with E-state index in [0.29, 0.717) is 0 Å². The standard InChI is InChI=1S/C10H8N2O/c11-5-9(12)8-6-13-10-4-2-1-3-7(8)10/h1-4,6,9H,12H2. The van der Waals surface area contributed by atoms with Crippen LogP contribution in [-0.2, 0) is 0 Å². The van der Waals surface area contributed by atoms with E-state index in [1.807, 2.05) is 30.3 Å². The van der Waals surface area contributed by atoms with E-state index in [0.717, 1.165) is 16.5 Å². The minimum atomic E-state index is -0.608. The lowest BCUT2D eigenvalue weighted by Gasteiger charge is -1.97. The normalized spacial score (nSPS) is 12.6. The molecule has 0 radical (unpaired) electrons. The molecule has 2 rings (SSSR count). The van der Waals surface area contributed by atoms with Crippen molar-refractivity contribution in [1.82, 2.24) is 0 Å². The van der Waals surface area contributed by atoms with E-state index in [4.69, 9.17) is 15.4 Å². The van der Waals surface area contributed by atoms with Crippen molar-refractivity contribution in [1.29, 1.82) is 5.26 Å². The van der Waals surface area contributed by atoms with E-state index in [9.17, 15) is 0 Å². The van der Waals surface area contributed by atoms with Crippen molar-refractivity contribution in [2.24, 2.45) is 5.73 Å². The summed E-state index contributed by atoms with van der Waals surface area (Å²) in [7, 11) is 0. The number of nitrogens with zero attached hydrogens (tertiary/aromatic N) is 1. The molecule has 13 heavy (non-hydrogen) atoms. The summed E-state index contributed by atoms with van der Waals surface area (Å²) in [6.45, 7) is 0. The zero-order valence-corrected chi connectivity index (χ0v) is 6.90. The van der Waals surface area contributed by atoms with Crippen LogP contribution in [0.4, 0.5) is 0 Å². The van der Waals surface area contributed by atoms with Gasteiger partial charge in [-0.25, -0.2) is 0 Å². The Bertz CT molecular complexity index is 467. The van der Waals surface area contributed by atoms with Gasteiger partial charge in [0.2, 0.25) is 0 Å². The second-order valence-corrected chi connectivity index (χ2v) is 2.79. The van der Waals surface area contributed by atoms with E-state index >= 15 is 0 Å². The van der Waals surface area contributed by atoms with Crippen LogP contribution in [-0.4, -0.2) is 0 Å². The summed E-state index contributed by atoms with van der Waals surface area (Å²) in [5, 5.41) is 9.56. The Kier molecular flexibility index (Phi) is 1.76. The van der Waals surface area contributed by atoms with Crippen molar-refractivity contribution in [3.05, 3.63) is 36.1 Å². The molecule has 0 aliphatic rings. The van der Waals surface area contributed by atoms with Gasteiger partial charge in [-0.05, 0) is 6.07 Å². The molecule has 1 aromatic carbocycles. The first-order valence-electron chi connectivity index (χ1n) is 3.94. The molecule has 1 atom stereocenters. The van der Waals surface area contributed by atoms with Crippen molar-refractivity contribution >= 4 is 11.0 Å². The molecule has 2 N–H and O–H groups in total. The highest BCUT2D eigenvalue weighted by molar-refractivity contribution is 5.81. The number of fused-ring (bicyclic) bond motifs is 1. The third-order valence-corrected chi connectivity index (χ3v) is 1.99. The minimum absolute atomic E-state index is 0.608. The predicted molar refractivity (Wildman–Crippen MR) is 48.8 cm³/mol. The molecular weight excluding hydrogens is 164 g/mol. The van der Waals surface area contributed by atoms with Gasteiger partial charge >= 0.3 is 0 Å². The topological polar surface area (TPSA) is 63.0 Å². The van der Waals surface area contributed by atoms with E-state index in [-0.39, 0.29) is 0 Å². The molecular formula is C10H8N2O. The monoisotopic (exact) mass is 172 g/mol. The maximum Gasteiger partial charge on any atom is 0.134 e. The molecule has 2 aromatic rings. The highest BCUT2D eigenvalue weighted by Crippen LogP contribution is 2.24. The van der Waals surface area contributed by atoms with Crippen LogP contribution in [0.1, 0.15) is 11.6 Å². The Morgan fingerprint density at radius 2 is 2.15 bits per heavy atom. The van der Waals surface area contributed by atoms with Gasteiger partial charge in [0.25, 0.3) is 0 Å². The number of nitriles is 1. The summed E-state index contributed by atoms with van der Waals surface area (Å²) >= 11 is 0. The zero-order chi connectivity index (χ0) is 9.26. The zero-order valence-electron chi connectivity index (χ0n) is 6.90. The third-order valence-electron chi connectivity index (χ3n) is 1.99. The van der Waals surface area contributed by atoms with E-state index in [1.54, 1.807) is 6.26 Å². The Balaban J connectivity index is 2.66. The molecule has 1 heterocycles. The summed E-state index contributed by atoms with van der Waals surface area (Å²) in [5.74, 6) is 0. The van der Waals surface area contributed by atoms with Crippen molar-refractivity contribution in [3.8, 4) is 6.07 Å². The molecule has 0 spiro atoms. The van der Waals surface area contributed by atoms with Gasteiger partial charge < -0.3 is 10.2 Å². The molecule has 1 aromatic heterocycles. The second-order valence-electron chi connectivity index (χ2n) is 2.79. The Labute approximate surface area is 75.4 Å². The molecule has 3 heteroatoms. The van der Waals surface area contributed by atoms with Crippen LogP contribution in [0.25, 0.3) is 11.0 Å². The van der Waals surface area contributed by atoms with Crippen molar-refractivity contribution < 1.29 is 4.42 Å². The number of para-hydroxylation sites is 1. The summed E-state index contributed by atoms with van der Waals surface area (Å²) in [6.07, 6.45) is 1.54. The van der Waals surface area contributed by atoms with Gasteiger partial charge in [0.1, 0.15) is 11.6 Å². The Morgan fingerprint density at radius 1 is 1.38 bits per heavy atom. The molecule has 0 bridgehead atoms. The fourth-order valence-corrected chi connectivity index (χ4v) is 1.31. The van der Waals surface area contributed by atoms with Gasteiger partial charge in [0.05, 0.1) is 12.3 Å². The lowest BCUT2D eigenvalue weighted by Crippen LogP contribution is -2.05. The number of benzene rings is 1. The van der Waals surface area contributed by atoms with Crippen LogP contribution in [0.2, 0.25) is 0 Å².